The minimum absolute atomic E-state index is 0.316. The third-order valence-corrected chi connectivity index (χ3v) is 6.70. The summed E-state index contributed by atoms with van der Waals surface area (Å²) in [6.45, 7) is 0. The third-order valence-electron chi connectivity index (χ3n) is 3.32. The Hall–Kier alpha value is -0.950. The van der Waals surface area contributed by atoms with E-state index in [1.54, 1.807) is 17.8 Å². The number of H-pyrrole nitrogens is 1. The predicted molar refractivity (Wildman–Crippen MR) is 101 cm³/mol. The van der Waals surface area contributed by atoms with Crippen LogP contribution in [0.3, 0.4) is 0 Å². The van der Waals surface area contributed by atoms with Gasteiger partial charge in [0.05, 0.1) is 16.1 Å². The highest BCUT2D eigenvalue weighted by molar-refractivity contribution is 8.04. The van der Waals surface area contributed by atoms with E-state index in [1.165, 1.54) is 4.90 Å². The van der Waals surface area contributed by atoms with Crippen LogP contribution in [0.1, 0.15) is 0 Å². The van der Waals surface area contributed by atoms with Crippen LogP contribution < -0.4 is 0 Å². The minimum atomic E-state index is -4.07. The van der Waals surface area contributed by atoms with Crippen molar-refractivity contribution in [3.8, 4) is 11.1 Å². The average molecular weight is 401 g/mol. The number of benzene rings is 2. The highest BCUT2D eigenvalue weighted by Crippen LogP contribution is 2.41. The lowest BCUT2D eigenvalue weighted by molar-refractivity contribution is 0.379. The molecule has 0 aliphatic rings. The summed E-state index contributed by atoms with van der Waals surface area (Å²) in [6.07, 6.45) is 2.02. The van der Waals surface area contributed by atoms with E-state index in [-0.39, 0.29) is 5.49 Å². The van der Waals surface area contributed by atoms with Gasteiger partial charge in [0.25, 0.3) is 0 Å². The van der Waals surface area contributed by atoms with Crippen LogP contribution in [0.15, 0.2) is 46.5 Å². The van der Waals surface area contributed by atoms with E-state index in [1.807, 2.05) is 36.6 Å². The van der Waals surface area contributed by atoms with Gasteiger partial charge in [-0.05, 0) is 36.1 Å². The number of fused-ring (bicyclic) bond motifs is 1. The van der Waals surface area contributed by atoms with Crippen LogP contribution in [0, 0.1) is 0 Å². The number of halogens is 1. The van der Waals surface area contributed by atoms with Crippen LogP contribution in [0.5, 0.6) is 0 Å². The number of nitrogens with one attached hydrogen (secondary N) is 1. The van der Waals surface area contributed by atoms with Crippen molar-refractivity contribution in [1.29, 1.82) is 0 Å². The second-order valence-corrected chi connectivity index (χ2v) is 9.38. The molecule has 3 N–H and O–H groups in total. The lowest BCUT2D eigenvalue weighted by Gasteiger charge is -2.05. The van der Waals surface area contributed by atoms with E-state index in [9.17, 15) is 4.57 Å². The van der Waals surface area contributed by atoms with Gasteiger partial charge in [-0.1, -0.05) is 35.5 Å². The van der Waals surface area contributed by atoms with Gasteiger partial charge in [-0.3, -0.25) is 4.57 Å². The molecule has 0 aliphatic heterocycles. The minimum Gasteiger partial charge on any atom is -0.333 e. The highest BCUT2D eigenvalue weighted by Gasteiger charge is 2.16. The summed E-state index contributed by atoms with van der Waals surface area (Å²) in [5.74, 6) is 0. The van der Waals surface area contributed by atoms with Crippen LogP contribution >= 0.6 is 42.7 Å². The largest absolute Gasteiger partial charge is 0.335 e. The van der Waals surface area contributed by atoms with Crippen molar-refractivity contribution >= 4 is 53.8 Å². The quantitative estimate of drug-likeness (QED) is 0.420. The number of rotatable bonds is 5. The summed E-state index contributed by atoms with van der Waals surface area (Å²) in [5, 5.41) is 1.05. The van der Waals surface area contributed by atoms with Gasteiger partial charge in [0.15, 0.2) is 5.16 Å². The van der Waals surface area contributed by atoms with E-state index in [0.29, 0.717) is 15.7 Å². The molecule has 0 amide bonds. The van der Waals surface area contributed by atoms with Crippen molar-refractivity contribution in [3.63, 3.8) is 0 Å². The average Bonchev–Trinajstić information content (AvgIpc) is 2.93. The Morgan fingerprint density at radius 3 is 2.58 bits per heavy atom. The van der Waals surface area contributed by atoms with Gasteiger partial charge in [0.1, 0.15) is 5.49 Å². The van der Waals surface area contributed by atoms with Gasteiger partial charge in [-0.15, -0.1) is 11.8 Å². The van der Waals surface area contributed by atoms with Crippen molar-refractivity contribution < 1.29 is 14.4 Å². The molecular formula is C15H14ClN2O3PS2. The molecule has 0 aliphatic carbocycles. The molecule has 0 spiro atoms. The van der Waals surface area contributed by atoms with Crippen LogP contribution in [0.4, 0.5) is 0 Å². The molecule has 5 nitrogen and oxygen atoms in total. The molecular weight excluding hydrogens is 387 g/mol. The fourth-order valence-electron chi connectivity index (χ4n) is 2.21. The van der Waals surface area contributed by atoms with Gasteiger partial charge in [0, 0.05) is 10.5 Å². The summed E-state index contributed by atoms with van der Waals surface area (Å²) in [7, 11) is -4.07. The molecule has 0 atom stereocenters. The first kappa shape index (κ1) is 17.9. The number of aromatic amines is 1. The van der Waals surface area contributed by atoms with Crippen LogP contribution in [0.2, 0.25) is 5.02 Å². The Kier molecular flexibility index (Phi) is 5.30. The summed E-state index contributed by atoms with van der Waals surface area (Å²) in [6, 6.07) is 11.7. The SMILES string of the molecule is CSc1ccc(-c2cc3nc(SCP(=O)(O)O)[nH]c3cc2Cl)cc1. The Labute approximate surface area is 152 Å². The molecule has 3 rings (SSSR count). The molecule has 126 valence electrons. The summed E-state index contributed by atoms with van der Waals surface area (Å²) in [4.78, 5) is 26.5. The summed E-state index contributed by atoms with van der Waals surface area (Å²) >= 11 is 9.05. The molecule has 0 radical (unpaired) electrons. The maximum Gasteiger partial charge on any atom is 0.335 e. The molecule has 0 bridgehead atoms. The number of aromatic nitrogens is 2. The number of thioether (sulfide) groups is 2. The predicted octanol–water partition coefficient (Wildman–Crippen LogP) is 4.83. The Morgan fingerprint density at radius 1 is 1.25 bits per heavy atom. The van der Waals surface area contributed by atoms with Crippen molar-refractivity contribution in [2.45, 2.75) is 10.1 Å². The maximum atomic E-state index is 11.0. The molecule has 2 aromatic carbocycles. The molecule has 24 heavy (non-hydrogen) atoms. The van der Waals surface area contributed by atoms with Crippen molar-refractivity contribution in [2.24, 2.45) is 0 Å². The van der Waals surface area contributed by atoms with E-state index in [4.69, 9.17) is 21.4 Å². The zero-order valence-electron chi connectivity index (χ0n) is 12.6. The molecule has 1 heterocycles. The van der Waals surface area contributed by atoms with Gasteiger partial charge in [-0.2, -0.15) is 0 Å². The third kappa shape index (κ3) is 4.17. The number of imidazole rings is 1. The van der Waals surface area contributed by atoms with Crippen molar-refractivity contribution in [2.75, 3.05) is 11.7 Å². The van der Waals surface area contributed by atoms with Gasteiger partial charge < -0.3 is 14.8 Å². The molecule has 9 heteroatoms. The topological polar surface area (TPSA) is 86.2 Å². The van der Waals surface area contributed by atoms with E-state index >= 15 is 0 Å². The van der Waals surface area contributed by atoms with Gasteiger partial charge in [0.2, 0.25) is 0 Å². The van der Waals surface area contributed by atoms with Gasteiger partial charge >= 0.3 is 7.60 Å². The molecule has 0 saturated heterocycles. The molecule has 0 fully saturated rings. The van der Waals surface area contributed by atoms with Crippen molar-refractivity contribution in [3.05, 3.63) is 41.4 Å². The van der Waals surface area contributed by atoms with Crippen molar-refractivity contribution in [1.82, 2.24) is 9.97 Å². The van der Waals surface area contributed by atoms with E-state index < -0.39 is 7.60 Å². The maximum absolute atomic E-state index is 11.0. The monoisotopic (exact) mass is 400 g/mol. The zero-order chi connectivity index (χ0) is 17.3. The normalized spacial score (nSPS) is 12.0. The van der Waals surface area contributed by atoms with Crippen LogP contribution in [-0.4, -0.2) is 31.5 Å². The second-order valence-electron chi connectivity index (χ2n) is 5.06. The zero-order valence-corrected chi connectivity index (χ0v) is 15.8. The first-order valence-corrected chi connectivity index (χ1v) is 11.3. The highest BCUT2D eigenvalue weighted by atomic mass is 35.5. The van der Waals surface area contributed by atoms with Crippen LogP contribution in [-0.2, 0) is 4.57 Å². The molecule has 1 aromatic heterocycles. The Bertz CT molecular complexity index is 924. The first-order chi connectivity index (χ1) is 11.4. The smallest absolute Gasteiger partial charge is 0.333 e. The fraction of sp³-hybridized carbons (Fsp3) is 0.133. The standard InChI is InChI=1S/C15H14ClN2O3PS2/c1-23-10-4-2-9(3-5-10)11-6-13-14(7-12(11)16)18-15(17-13)24-8-22(19,20)21/h2-7H,8H2,1H3,(H,17,18)(H2,19,20,21). The molecule has 3 aromatic rings. The summed E-state index contributed by atoms with van der Waals surface area (Å²) in [5.41, 5.74) is 2.99. The lowest BCUT2D eigenvalue weighted by Crippen LogP contribution is -1.83. The Balaban J connectivity index is 1.95. The van der Waals surface area contributed by atoms with Gasteiger partial charge in [-0.25, -0.2) is 4.98 Å². The second kappa shape index (κ2) is 7.12. The van der Waals surface area contributed by atoms with Crippen LogP contribution in [0.25, 0.3) is 22.2 Å². The summed E-state index contributed by atoms with van der Waals surface area (Å²) < 4.78 is 11.0. The Morgan fingerprint density at radius 2 is 1.96 bits per heavy atom. The number of hydrogen-bond acceptors (Lipinski definition) is 4. The number of nitrogens with zero attached hydrogens (tertiary/aromatic N) is 1. The first-order valence-electron chi connectivity index (χ1n) is 6.87. The van der Waals surface area contributed by atoms with E-state index in [2.05, 4.69) is 9.97 Å². The van der Waals surface area contributed by atoms with E-state index in [0.717, 1.165) is 28.4 Å². The number of hydrogen-bond donors (Lipinski definition) is 3. The molecule has 0 unspecified atom stereocenters. The molecule has 0 saturated carbocycles. The lowest BCUT2D eigenvalue weighted by atomic mass is 10.1. The fourth-order valence-corrected chi connectivity index (χ4v) is 4.40.